The van der Waals surface area contributed by atoms with Crippen molar-refractivity contribution < 1.29 is 4.79 Å². The van der Waals surface area contributed by atoms with Crippen molar-refractivity contribution in [1.29, 1.82) is 0 Å². The Morgan fingerprint density at radius 3 is 2.39 bits per heavy atom. The first-order chi connectivity index (χ1) is 11.0. The molecule has 0 unspecified atom stereocenters. The van der Waals surface area contributed by atoms with Crippen LogP contribution in [-0.4, -0.2) is 44.0 Å². The molecule has 0 aliphatic heterocycles. The number of nitrogens with one attached hydrogen (secondary N) is 1. The Balaban J connectivity index is 2.55. The third-order valence-electron chi connectivity index (χ3n) is 4.23. The lowest BCUT2D eigenvalue weighted by molar-refractivity contribution is -0.116. The highest BCUT2D eigenvalue weighted by molar-refractivity contribution is 5.91. The van der Waals surface area contributed by atoms with Gasteiger partial charge in [-0.25, -0.2) is 0 Å². The van der Waals surface area contributed by atoms with Gasteiger partial charge in [0.05, 0.1) is 0 Å². The highest BCUT2D eigenvalue weighted by Gasteiger charge is 2.09. The number of hydrogen-bond donors (Lipinski definition) is 1. The third-order valence-corrected chi connectivity index (χ3v) is 4.23. The second-order valence-electron chi connectivity index (χ2n) is 6.13. The molecule has 0 radical (unpaired) electrons. The van der Waals surface area contributed by atoms with Crippen molar-refractivity contribution in [2.24, 2.45) is 0 Å². The molecule has 0 saturated carbocycles. The summed E-state index contributed by atoms with van der Waals surface area (Å²) in [4.78, 5) is 16.7. The van der Waals surface area contributed by atoms with Crippen molar-refractivity contribution >= 4 is 17.3 Å². The lowest BCUT2D eigenvalue weighted by Gasteiger charge is -2.22. The zero-order chi connectivity index (χ0) is 17.2. The van der Waals surface area contributed by atoms with Crippen LogP contribution in [-0.2, 0) is 4.79 Å². The molecule has 1 rings (SSSR count). The molecule has 23 heavy (non-hydrogen) atoms. The van der Waals surface area contributed by atoms with Gasteiger partial charge in [0.15, 0.2) is 0 Å². The van der Waals surface area contributed by atoms with E-state index in [1.165, 1.54) is 18.5 Å². The van der Waals surface area contributed by atoms with E-state index in [1.54, 1.807) is 0 Å². The van der Waals surface area contributed by atoms with Crippen LogP contribution >= 0.6 is 0 Å². The maximum atomic E-state index is 12.1. The Morgan fingerprint density at radius 2 is 1.83 bits per heavy atom. The van der Waals surface area contributed by atoms with E-state index < -0.39 is 0 Å². The molecule has 1 amide bonds. The van der Waals surface area contributed by atoms with Gasteiger partial charge in [0.1, 0.15) is 0 Å². The summed E-state index contributed by atoms with van der Waals surface area (Å²) in [5.41, 5.74) is 3.24. The number of hydrogen-bond acceptors (Lipinski definition) is 3. The van der Waals surface area contributed by atoms with Crippen LogP contribution < -0.4 is 10.2 Å². The number of rotatable bonds is 10. The second-order valence-corrected chi connectivity index (χ2v) is 6.13. The van der Waals surface area contributed by atoms with Gasteiger partial charge in [0.2, 0.25) is 5.91 Å². The summed E-state index contributed by atoms with van der Waals surface area (Å²) in [6.07, 6.45) is 2.91. The van der Waals surface area contributed by atoms with Gasteiger partial charge in [-0.15, -0.1) is 0 Å². The van der Waals surface area contributed by atoms with E-state index in [-0.39, 0.29) is 5.91 Å². The van der Waals surface area contributed by atoms with Gasteiger partial charge >= 0.3 is 0 Å². The molecule has 1 aromatic carbocycles. The van der Waals surface area contributed by atoms with Crippen LogP contribution in [0.5, 0.6) is 0 Å². The molecule has 4 nitrogen and oxygen atoms in total. The summed E-state index contributed by atoms with van der Waals surface area (Å²) in [6.45, 7) is 12.4. The summed E-state index contributed by atoms with van der Waals surface area (Å²) >= 11 is 0. The standard InChI is InChI=1S/C19H33N3O/c1-6-9-13-21(5)14-12-19(23)20-18-11-10-17(15-16(18)4)22(7-2)8-3/h10-11,15H,6-9,12-14H2,1-5H3,(H,20,23). The molecule has 0 fully saturated rings. The largest absolute Gasteiger partial charge is 0.372 e. The van der Waals surface area contributed by atoms with Gasteiger partial charge < -0.3 is 15.1 Å². The van der Waals surface area contributed by atoms with Gasteiger partial charge in [0, 0.05) is 37.4 Å². The van der Waals surface area contributed by atoms with Crippen molar-refractivity contribution in [2.45, 2.75) is 47.0 Å². The van der Waals surface area contributed by atoms with E-state index in [9.17, 15) is 4.79 Å². The van der Waals surface area contributed by atoms with Crippen LogP contribution in [0.25, 0.3) is 0 Å². The van der Waals surface area contributed by atoms with E-state index >= 15 is 0 Å². The first kappa shape index (κ1) is 19.5. The Kier molecular flexibility index (Phi) is 8.70. The summed E-state index contributed by atoms with van der Waals surface area (Å²) in [5, 5.41) is 3.04. The van der Waals surface area contributed by atoms with Crippen molar-refractivity contribution in [3.63, 3.8) is 0 Å². The molecule has 0 atom stereocenters. The van der Waals surface area contributed by atoms with E-state index in [0.29, 0.717) is 6.42 Å². The molecule has 1 N–H and O–H groups in total. The minimum absolute atomic E-state index is 0.0898. The quantitative estimate of drug-likeness (QED) is 0.710. The molecule has 0 bridgehead atoms. The second kappa shape index (κ2) is 10.3. The van der Waals surface area contributed by atoms with Crippen molar-refractivity contribution in [2.75, 3.05) is 43.4 Å². The number of carbonyl (C=O) groups is 1. The van der Waals surface area contributed by atoms with Gasteiger partial charge in [0.25, 0.3) is 0 Å². The van der Waals surface area contributed by atoms with Gasteiger partial charge in [-0.1, -0.05) is 13.3 Å². The molecule has 4 heteroatoms. The Bertz CT molecular complexity index is 484. The lowest BCUT2D eigenvalue weighted by atomic mass is 10.1. The van der Waals surface area contributed by atoms with Crippen LogP contribution in [0.3, 0.4) is 0 Å². The molecule has 0 aliphatic rings. The molecule has 130 valence electrons. The van der Waals surface area contributed by atoms with E-state index in [1.807, 2.05) is 6.07 Å². The first-order valence-corrected chi connectivity index (χ1v) is 8.85. The molecule has 1 aromatic rings. The topological polar surface area (TPSA) is 35.6 Å². The summed E-state index contributed by atoms with van der Waals surface area (Å²) in [6, 6.07) is 6.25. The van der Waals surface area contributed by atoms with Crippen LogP contribution in [0.15, 0.2) is 18.2 Å². The fourth-order valence-corrected chi connectivity index (χ4v) is 2.62. The number of benzene rings is 1. The van der Waals surface area contributed by atoms with Crippen molar-refractivity contribution in [3.05, 3.63) is 23.8 Å². The number of nitrogens with zero attached hydrogens (tertiary/aromatic N) is 2. The maximum absolute atomic E-state index is 12.1. The number of aryl methyl sites for hydroxylation is 1. The van der Waals surface area contributed by atoms with Crippen LogP contribution in [0.2, 0.25) is 0 Å². The lowest BCUT2D eigenvalue weighted by Crippen LogP contribution is -2.25. The van der Waals surface area contributed by atoms with Crippen LogP contribution in [0, 0.1) is 6.92 Å². The highest BCUT2D eigenvalue weighted by atomic mass is 16.1. The smallest absolute Gasteiger partial charge is 0.225 e. The molecular weight excluding hydrogens is 286 g/mol. The molecule has 0 heterocycles. The third kappa shape index (κ3) is 6.61. The predicted octanol–water partition coefficient (Wildman–Crippen LogP) is 3.90. The summed E-state index contributed by atoms with van der Waals surface area (Å²) in [7, 11) is 2.08. The van der Waals surface area contributed by atoms with Gasteiger partial charge in [-0.2, -0.15) is 0 Å². The maximum Gasteiger partial charge on any atom is 0.225 e. The molecule has 0 spiro atoms. The number of unbranched alkanes of at least 4 members (excludes halogenated alkanes) is 1. The Hall–Kier alpha value is -1.55. The zero-order valence-electron chi connectivity index (χ0n) is 15.5. The number of anilines is 2. The summed E-state index contributed by atoms with van der Waals surface area (Å²) in [5.74, 6) is 0.0898. The monoisotopic (exact) mass is 319 g/mol. The Labute approximate surface area is 141 Å². The van der Waals surface area contributed by atoms with Crippen LogP contribution in [0.4, 0.5) is 11.4 Å². The van der Waals surface area contributed by atoms with E-state index in [0.717, 1.165) is 37.4 Å². The van der Waals surface area contributed by atoms with Gasteiger partial charge in [-0.05, 0) is 64.5 Å². The first-order valence-electron chi connectivity index (χ1n) is 8.85. The highest BCUT2D eigenvalue weighted by Crippen LogP contribution is 2.22. The zero-order valence-corrected chi connectivity index (χ0v) is 15.5. The van der Waals surface area contributed by atoms with E-state index in [4.69, 9.17) is 0 Å². The molecule has 0 saturated heterocycles. The van der Waals surface area contributed by atoms with Crippen molar-refractivity contribution in [1.82, 2.24) is 4.90 Å². The number of carbonyl (C=O) groups excluding carboxylic acids is 1. The van der Waals surface area contributed by atoms with Gasteiger partial charge in [-0.3, -0.25) is 4.79 Å². The fourth-order valence-electron chi connectivity index (χ4n) is 2.62. The summed E-state index contributed by atoms with van der Waals surface area (Å²) < 4.78 is 0. The van der Waals surface area contributed by atoms with E-state index in [2.05, 4.69) is 62.0 Å². The minimum Gasteiger partial charge on any atom is -0.372 e. The average Bonchev–Trinajstić information content (AvgIpc) is 2.54. The SMILES string of the molecule is CCCCN(C)CCC(=O)Nc1ccc(N(CC)CC)cc1C. The average molecular weight is 319 g/mol. The molecule has 0 aliphatic carbocycles. The molecule has 0 aromatic heterocycles. The number of amides is 1. The molecular formula is C19H33N3O. The van der Waals surface area contributed by atoms with Crippen LogP contribution in [0.1, 0.15) is 45.6 Å². The fraction of sp³-hybridized carbons (Fsp3) is 0.632. The normalized spacial score (nSPS) is 10.9. The van der Waals surface area contributed by atoms with Crippen molar-refractivity contribution in [3.8, 4) is 0 Å². The Morgan fingerprint density at radius 1 is 1.13 bits per heavy atom. The predicted molar refractivity (Wildman–Crippen MR) is 100 cm³/mol. The minimum atomic E-state index is 0.0898.